The van der Waals surface area contributed by atoms with E-state index in [1.54, 1.807) is 26.0 Å². The van der Waals surface area contributed by atoms with Crippen LogP contribution in [-0.4, -0.2) is 16.8 Å². The van der Waals surface area contributed by atoms with Crippen LogP contribution in [0.4, 0.5) is 5.69 Å². The van der Waals surface area contributed by atoms with Gasteiger partial charge in [0.1, 0.15) is 5.75 Å². The van der Waals surface area contributed by atoms with Crippen molar-refractivity contribution < 1.29 is 19.1 Å². The van der Waals surface area contributed by atoms with Gasteiger partial charge in [-0.25, -0.2) is 9.88 Å². The molecule has 1 unspecified atom stereocenters. The minimum atomic E-state index is -0.672. The Morgan fingerprint density at radius 3 is 2.70 bits per heavy atom. The van der Waals surface area contributed by atoms with E-state index in [1.165, 1.54) is 16.7 Å². The first kappa shape index (κ1) is 17.7. The van der Waals surface area contributed by atoms with Gasteiger partial charge in [-0.2, -0.15) is 0 Å². The third kappa shape index (κ3) is 3.10. The summed E-state index contributed by atoms with van der Waals surface area (Å²) in [6.45, 7) is 6.28. The smallest absolute Gasteiger partial charge is 0.239 e. The summed E-state index contributed by atoms with van der Waals surface area (Å²) in [5, 5.41) is 0. The van der Waals surface area contributed by atoms with Crippen molar-refractivity contribution in [2.24, 2.45) is 5.41 Å². The van der Waals surface area contributed by atoms with Gasteiger partial charge in [0, 0.05) is 12.5 Å². The predicted octanol–water partition coefficient (Wildman–Crippen LogP) is 4.14. The van der Waals surface area contributed by atoms with Crippen molar-refractivity contribution >= 4 is 17.5 Å². The van der Waals surface area contributed by atoms with E-state index in [4.69, 9.17) is 9.47 Å². The number of fused-ring (bicyclic) bond motifs is 1. The third-order valence-corrected chi connectivity index (χ3v) is 5.10. The lowest BCUT2D eigenvalue weighted by Gasteiger charge is -2.17. The van der Waals surface area contributed by atoms with E-state index in [-0.39, 0.29) is 24.3 Å². The number of benzene rings is 1. The van der Waals surface area contributed by atoms with Gasteiger partial charge in [-0.1, -0.05) is 26.8 Å². The van der Waals surface area contributed by atoms with Crippen molar-refractivity contribution in [3.8, 4) is 11.6 Å². The molecule has 2 aliphatic rings. The highest BCUT2D eigenvalue weighted by molar-refractivity contribution is 6.22. The van der Waals surface area contributed by atoms with Gasteiger partial charge in [0.2, 0.25) is 17.7 Å². The number of amides is 2. The quantitative estimate of drug-likeness (QED) is 0.761. The molecule has 0 radical (unpaired) electrons. The molecular weight excluding hydrogens is 344 g/mol. The van der Waals surface area contributed by atoms with Crippen LogP contribution in [0.5, 0.6) is 11.6 Å². The van der Waals surface area contributed by atoms with Crippen LogP contribution in [0.2, 0.25) is 0 Å². The van der Waals surface area contributed by atoms with Crippen LogP contribution in [-0.2, 0) is 20.9 Å². The first-order valence-electron chi connectivity index (χ1n) is 9.15. The SMILES string of the molecule is CCC1OCc2ccc(Oc3ccc(N4C(=O)CC(C)(C)C4=O)cn3)cc21. The molecule has 6 nitrogen and oxygen atoms in total. The number of aromatic nitrogens is 1. The maximum absolute atomic E-state index is 12.4. The number of pyridine rings is 1. The van der Waals surface area contributed by atoms with Crippen LogP contribution < -0.4 is 9.64 Å². The second-order valence-corrected chi connectivity index (χ2v) is 7.62. The summed E-state index contributed by atoms with van der Waals surface area (Å²) >= 11 is 0. The fraction of sp³-hybridized carbons (Fsp3) is 0.381. The van der Waals surface area contributed by atoms with Crippen molar-refractivity contribution in [2.45, 2.75) is 46.3 Å². The summed E-state index contributed by atoms with van der Waals surface area (Å²) in [6.07, 6.45) is 2.73. The van der Waals surface area contributed by atoms with E-state index in [2.05, 4.69) is 11.9 Å². The highest BCUT2D eigenvalue weighted by Crippen LogP contribution is 2.37. The molecule has 0 saturated carbocycles. The van der Waals surface area contributed by atoms with Gasteiger partial charge in [0.15, 0.2) is 0 Å². The Kier molecular flexibility index (Phi) is 4.23. The van der Waals surface area contributed by atoms with Crippen LogP contribution in [0.1, 0.15) is 50.8 Å². The molecule has 2 aromatic rings. The number of carbonyl (C=O) groups is 2. The van der Waals surface area contributed by atoms with Gasteiger partial charge >= 0.3 is 0 Å². The molecule has 0 spiro atoms. The fourth-order valence-corrected chi connectivity index (χ4v) is 3.58. The number of carbonyl (C=O) groups excluding carboxylic acids is 2. The van der Waals surface area contributed by atoms with Crippen LogP contribution in [0, 0.1) is 5.41 Å². The van der Waals surface area contributed by atoms with Crippen molar-refractivity contribution in [3.63, 3.8) is 0 Å². The zero-order chi connectivity index (χ0) is 19.2. The minimum absolute atomic E-state index is 0.106. The standard InChI is InChI=1S/C21H22N2O4/c1-4-17-16-9-15(7-5-13(16)12-26-17)27-18-8-6-14(11-22-18)23-19(24)10-21(2,3)20(23)25/h5-9,11,17H,4,10,12H2,1-3H3. The number of imide groups is 1. The summed E-state index contributed by atoms with van der Waals surface area (Å²) in [6, 6.07) is 9.25. The molecule has 2 aliphatic heterocycles. The van der Waals surface area contributed by atoms with E-state index in [1.807, 2.05) is 18.2 Å². The molecule has 2 amide bonds. The largest absolute Gasteiger partial charge is 0.439 e. The minimum Gasteiger partial charge on any atom is -0.439 e. The first-order chi connectivity index (χ1) is 12.9. The van der Waals surface area contributed by atoms with Crippen molar-refractivity contribution in [1.82, 2.24) is 4.98 Å². The molecule has 0 N–H and O–H groups in total. The normalized spacial score (nSPS) is 20.9. The Morgan fingerprint density at radius 2 is 2.07 bits per heavy atom. The monoisotopic (exact) mass is 366 g/mol. The van der Waals surface area contributed by atoms with Gasteiger partial charge in [-0.05, 0) is 35.7 Å². The first-order valence-corrected chi connectivity index (χ1v) is 9.15. The number of ether oxygens (including phenoxy) is 2. The summed E-state index contributed by atoms with van der Waals surface area (Å²) in [7, 11) is 0. The number of anilines is 1. The lowest BCUT2D eigenvalue weighted by atomic mass is 9.92. The van der Waals surface area contributed by atoms with Crippen molar-refractivity contribution in [2.75, 3.05) is 4.90 Å². The molecule has 27 heavy (non-hydrogen) atoms. The molecule has 3 heterocycles. The summed E-state index contributed by atoms with van der Waals surface area (Å²) in [5.41, 5.74) is 2.14. The fourth-order valence-electron chi connectivity index (χ4n) is 3.58. The topological polar surface area (TPSA) is 68.7 Å². The second-order valence-electron chi connectivity index (χ2n) is 7.62. The highest BCUT2D eigenvalue weighted by Gasteiger charge is 2.45. The average Bonchev–Trinajstić information content (AvgIpc) is 3.13. The van der Waals surface area contributed by atoms with Crippen molar-refractivity contribution in [3.05, 3.63) is 47.7 Å². The Hall–Kier alpha value is -2.73. The lowest BCUT2D eigenvalue weighted by Crippen LogP contribution is -2.32. The molecule has 1 atom stereocenters. The van der Waals surface area contributed by atoms with Gasteiger partial charge in [0.05, 0.1) is 30.0 Å². The number of nitrogens with zero attached hydrogens (tertiary/aromatic N) is 2. The molecule has 6 heteroatoms. The van der Waals surface area contributed by atoms with E-state index in [0.29, 0.717) is 23.9 Å². The van der Waals surface area contributed by atoms with Crippen LogP contribution >= 0.6 is 0 Å². The van der Waals surface area contributed by atoms with E-state index in [0.717, 1.165) is 12.0 Å². The predicted molar refractivity (Wildman–Crippen MR) is 99.5 cm³/mol. The molecule has 1 fully saturated rings. The molecular formula is C21H22N2O4. The number of hydrogen-bond acceptors (Lipinski definition) is 5. The average molecular weight is 366 g/mol. The van der Waals surface area contributed by atoms with Crippen LogP contribution in [0.25, 0.3) is 0 Å². The summed E-state index contributed by atoms with van der Waals surface area (Å²) in [5.74, 6) is 0.688. The van der Waals surface area contributed by atoms with Gasteiger partial charge < -0.3 is 9.47 Å². The van der Waals surface area contributed by atoms with Gasteiger partial charge in [-0.15, -0.1) is 0 Å². The zero-order valence-corrected chi connectivity index (χ0v) is 15.7. The van der Waals surface area contributed by atoms with Gasteiger partial charge in [-0.3, -0.25) is 9.59 Å². The Bertz CT molecular complexity index is 905. The van der Waals surface area contributed by atoms with Gasteiger partial charge in [0.25, 0.3) is 0 Å². The van der Waals surface area contributed by atoms with Crippen LogP contribution in [0.15, 0.2) is 36.5 Å². The molecule has 1 saturated heterocycles. The lowest BCUT2D eigenvalue weighted by molar-refractivity contribution is -0.124. The molecule has 1 aromatic heterocycles. The molecule has 0 bridgehead atoms. The Balaban J connectivity index is 1.52. The Labute approximate surface area is 158 Å². The molecule has 4 rings (SSSR count). The maximum Gasteiger partial charge on any atom is 0.239 e. The van der Waals surface area contributed by atoms with E-state index >= 15 is 0 Å². The second kappa shape index (κ2) is 6.46. The Morgan fingerprint density at radius 1 is 1.26 bits per heavy atom. The van der Waals surface area contributed by atoms with E-state index < -0.39 is 5.41 Å². The van der Waals surface area contributed by atoms with Crippen LogP contribution in [0.3, 0.4) is 0 Å². The van der Waals surface area contributed by atoms with E-state index in [9.17, 15) is 9.59 Å². The summed E-state index contributed by atoms with van der Waals surface area (Å²) < 4.78 is 11.6. The highest BCUT2D eigenvalue weighted by atomic mass is 16.5. The maximum atomic E-state index is 12.4. The van der Waals surface area contributed by atoms with Crippen molar-refractivity contribution in [1.29, 1.82) is 0 Å². The molecule has 0 aliphatic carbocycles. The molecule has 1 aromatic carbocycles. The number of rotatable bonds is 4. The zero-order valence-electron chi connectivity index (χ0n) is 15.7. The number of hydrogen-bond donors (Lipinski definition) is 0. The molecule has 140 valence electrons. The summed E-state index contributed by atoms with van der Waals surface area (Å²) in [4.78, 5) is 30.1. The third-order valence-electron chi connectivity index (χ3n) is 5.10.